The van der Waals surface area contributed by atoms with E-state index in [-0.39, 0.29) is 5.91 Å². The molecule has 0 fully saturated rings. The van der Waals surface area contributed by atoms with Crippen LogP contribution in [0.1, 0.15) is 10.4 Å². The van der Waals surface area contributed by atoms with Crippen molar-refractivity contribution < 1.29 is 4.79 Å². The quantitative estimate of drug-likeness (QED) is 0.655. The highest BCUT2D eigenvalue weighted by Gasteiger charge is 2.12. The number of benzene rings is 2. The molecule has 0 unspecified atom stereocenters. The molecule has 0 aliphatic carbocycles. The molecule has 0 atom stereocenters. The van der Waals surface area contributed by atoms with Crippen molar-refractivity contribution in [3.8, 4) is 0 Å². The topological polar surface area (TPSA) is 44.9 Å². The van der Waals surface area contributed by atoms with Gasteiger partial charge in [-0.2, -0.15) is 0 Å². The summed E-state index contributed by atoms with van der Waals surface area (Å²) in [7, 11) is 1.65. The minimum Gasteiger partial charge on any atom is -0.355 e. The summed E-state index contributed by atoms with van der Waals surface area (Å²) >= 11 is 0. The Morgan fingerprint density at radius 3 is 2.65 bits per heavy atom. The van der Waals surface area contributed by atoms with Gasteiger partial charge in [-0.05, 0) is 18.2 Å². The maximum atomic E-state index is 11.8. The largest absolute Gasteiger partial charge is 0.355 e. The molecule has 3 aromatic rings. The predicted molar refractivity (Wildman–Crippen MR) is 69.2 cm³/mol. The summed E-state index contributed by atoms with van der Waals surface area (Å²) in [5.41, 5.74) is 2.76. The van der Waals surface area contributed by atoms with E-state index in [0.717, 1.165) is 21.8 Å². The first-order valence-electron chi connectivity index (χ1n) is 5.53. The second-order valence-corrected chi connectivity index (χ2v) is 3.98. The Morgan fingerprint density at radius 2 is 1.82 bits per heavy atom. The first-order valence-corrected chi connectivity index (χ1v) is 5.53. The van der Waals surface area contributed by atoms with Crippen molar-refractivity contribution in [1.82, 2.24) is 10.3 Å². The highest BCUT2D eigenvalue weighted by molar-refractivity contribution is 6.17. The number of nitrogens with one attached hydrogen (secondary N) is 2. The lowest BCUT2D eigenvalue weighted by molar-refractivity contribution is 0.0965. The van der Waals surface area contributed by atoms with E-state index in [0.29, 0.717) is 5.56 Å². The van der Waals surface area contributed by atoms with Crippen LogP contribution in [0.5, 0.6) is 0 Å². The summed E-state index contributed by atoms with van der Waals surface area (Å²) in [5.74, 6) is -0.0552. The predicted octanol–water partition coefficient (Wildman–Crippen LogP) is 2.68. The number of aromatic nitrogens is 1. The molecule has 0 aliphatic rings. The molecule has 0 spiro atoms. The molecule has 1 amide bonds. The van der Waals surface area contributed by atoms with Crippen molar-refractivity contribution in [2.45, 2.75) is 0 Å². The number of carbonyl (C=O) groups is 1. The van der Waals surface area contributed by atoms with Crippen LogP contribution in [-0.2, 0) is 0 Å². The van der Waals surface area contributed by atoms with Crippen molar-refractivity contribution in [3.05, 3.63) is 48.0 Å². The monoisotopic (exact) mass is 224 g/mol. The van der Waals surface area contributed by atoms with Gasteiger partial charge in [0, 0.05) is 34.4 Å². The van der Waals surface area contributed by atoms with Gasteiger partial charge in [0.15, 0.2) is 0 Å². The average molecular weight is 224 g/mol. The van der Waals surface area contributed by atoms with Gasteiger partial charge >= 0.3 is 0 Å². The van der Waals surface area contributed by atoms with Crippen LogP contribution < -0.4 is 5.32 Å². The fourth-order valence-corrected chi connectivity index (χ4v) is 2.23. The van der Waals surface area contributed by atoms with Crippen LogP contribution in [-0.4, -0.2) is 17.9 Å². The van der Waals surface area contributed by atoms with Gasteiger partial charge in [-0.25, -0.2) is 0 Å². The van der Waals surface area contributed by atoms with Gasteiger partial charge in [0.25, 0.3) is 5.91 Å². The number of H-pyrrole nitrogens is 1. The normalized spacial score (nSPS) is 10.9. The van der Waals surface area contributed by atoms with Crippen LogP contribution in [0.25, 0.3) is 21.8 Å². The number of rotatable bonds is 1. The molecule has 3 heteroatoms. The van der Waals surface area contributed by atoms with E-state index >= 15 is 0 Å². The van der Waals surface area contributed by atoms with Crippen LogP contribution in [0.3, 0.4) is 0 Å². The van der Waals surface area contributed by atoms with E-state index < -0.39 is 0 Å². The van der Waals surface area contributed by atoms with Crippen molar-refractivity contribution in [2.75, 3.05) is 7.05 Å². The molecule has 1 heterocycles. The van der Waals surface area contributed by atoms with E-state index in [9.17, 15) is 4.79 Å². The van der Waals surface area contributed by atoms with Gasteiger partial charge in [0.2, 0.25) is 0 Å². The van der Waals surface area contributed by atoms with Crippen molar-refractivity contribution in [1.29, 1.82) is 0 Å². The van der Waals surface area contributed by atoms with E-state index in [1.165, 1.54) is 0 Å². The van der Waals surface area contributed by atoms with E-state index in [1.807, 2.05) is 42.5 Å². The van der Waals surface area contributed by atoms with Gasteiger partial charge in [0.1, 0.15) is 0 Å². The van der Waals surface area contributed by atoms with Crippen LogP contribution in [0.4, 0.5) is 0 Å². The highest BCUT2D eigenvalue weighted by Crippen LogP contribution is 2.28. The molecule has 1 aromatic heterocycles. The Balaban J connectivity index is 2.47. The first kappa shape index (κ1) is 9.90. The lowest BCUT2D eigenvalue weighted by Crippen LogP contribution is -2.17. The third-order valence-electron chi connectivity index (χ3n) is 3.00. The minimum absolute atomic E-state index is 0.0552. The Labute approximate surface area is 98.4 Å². The van der Waals surface area contributed by atoms with Crippen molar-refractivity contribution in [3.63, 3.8) is 0 Å². The van der Waals surface area contributed by atoms with Gasteiger partial charge < -0.3 is 10.3 Å². The lowest BCUT2D eigenvalue weighted by atomic mass is 10.1. The summed E-state index contributed by atoms with van der Waals surface area (Å²) in [6.45, 7) is 0. The van der Waals surface area contributed by atoms with Crippen molar-refractivity contribution in [2.24, 2.45) is 0 Å². The summed E-state index contributed by atoms with van der Waals surface area (Å²) in [6, 6.07) is 13.7. The fourth-order valence-electron chi connectivity index (χ4n) is 2.23. The van der Waals surface area contributed by atoms with Crippen LogP contribution >= 0.6 is 0 Å². The summed E-state index contributed by atoms with van der Waals surface area (Å²) in [6.07, 6.45) is 0. The van der Waals surface area contributed by atoms with Crippen molar-refractivity contribution >= 4 is 27.7 Å². The third-order valence-corrected chi connectivity index (χ3v) is 3.00. The standard InChI is InChI=1S/C14H12N2O/c1-15-14(17)10-6-4-8-12-13(10)9-5-2-3-7-11(9)16-12/h2-8,16H,1H3,(H,15,17). The molecule has 0 aliphatic heterocycles. The smallest absolute Gasteiger partial charge is 0.251 e. The molecule has 3 nitrogen and oxygen atoms in total. The molecule has 84 valence electrons. The minimum atomic E-state index is -0.0552. The number of amides is 1. The van der Waals surface area contributed by atoms with Gasteiger partial charge in [-0.15, -0.1) is 0 Å². The number of fused-ring (bicyclic) bond motifs is 3. The molecular formula is C14H12N2O. The maximum absolute atomic E-state index is 11.8. The molecule has 17 heavy (non-hydrogen) atoms. The Morgan fingerprint density at radius 1 is 1.06 bits per heavy atom. The highest BCUT2D eigenvalue weighted by atomic mass is 16.1. The molecule has 0 bridgehead atoms. The zero-order valence-corrected chi connectivity index (χ0v) is 9.45. The second kappa shape index (κ2) is 3.63. The molecule has 0 radical (unpaired) electrons. The number of carbonyl (C=O) groups excluding carboxylic acids is 1. The molecule has 3 rings (SSSR count). The zero-order chi connectivity index (χ0) is 11.8. The molecule has 2 aromatic carbocycles. The van der Waals surface area contributed by atoms with E-state index in [2.05, 4.69) is 10.3 Å². The number of para-hydroxylation sites is 1. The van der Waals surface area contributed by atoms with E-state index in [1.54, 1.807) is 7.05 Å². The number of aromatic amines is 1. The SMILES string of the molecule is CNC(=O)c1cccc2[nH]c3ccccc3c12. The zero-order valence-electron chi connectivity index (χ0n) is 9.45. The van der Waals surface area contributed by atoms with E-state index in [4.69, 9.17) is 0 Å². The molecule has 2 N–H and O–H groups in total. The summed E-state index contributed by atoms with van der Waals surface area (Å²) in [4.78, 5) is 15.2. The third kappa shape index (κ3) is 1.40. The van der Waals surface area contributed by atoms with Gasteiger partial charge in [-0.3, -0.25) is 4.79 Å². The average Bonchev–Trinajstić information content (AvgIpc) is 2.76. The Bertz CT molecular complexity index is 712. The number of hydrogen-bond acceptors (Lipinski definition) is 1. The molecule has 0 saturated heterocycles. The summed E-state index contributed by atoms with van der Waals surface area (Å²) < 4.78 is 0. The summed E-state index contributed by atoms with van der Waals surface area (Å²) in [5, 5.41) is 4.75. The van der Waals surface area contributed by atoms with Crippen LogP contribution in [0.2, 0.25) is 0 Å². The molecule has 0 saturated carbocycles. The second-order valence-electron chi connectivity index (χ2n) is 3.98. The lowest BCUT2D eigenvalue weighted by Gasteiger charge is -2.01. The fraction of sp³-hybridized carbons (Fsp3) is 0.0714. The first-order chi connectivity index (χ1) is 8.31. The van der Waals surface area contributed by atoms with Gasteiger partial charge in [-0.1, -0.05) is 24.3 Å². The maximum Gasteiger partial charge on any atom is 0.251 e. The Kier molecular flexibility index (Phi) is 2.11. The molecular weight excluding hydrogens is 212 g/mol. The van der Waals surface area contributed by atoms with Gasteiger partial charge in [0.05, 0.1) is 0 Å². The van der Waals surface area contributed by atoms with Crippen LogP contribution in [0, 0.1) is 0 Å². The van der Waals surface area contributed by atoms with Crippen LogP contribution in [0.15, 0.2) is 42.5 Å². The Hall–Kier alpha value is -2.29. The number of hydrogen-bond donors (Lipinski definition) is 2.